The molecule has 0 aliphatic carbocycles. The van der Waals surface area contributed by atoms with Gasteiger partial charge in [0.25, 0.3) is 0 Å². The number of amides is 1. The summed E-state index contributed by atoms with van der Waals surface area (Å²) in [6, 6.07) is 6.25. The van der Waals surface area contributed by atoms with E-state index in [0.717, 1.165) is 25.2 Å². The van der Waals surface area contributed by atoms with E-state index < -0.39 is 0 Å². The average molecular weight is 266 g/mol. The lowest BCUT2D eigenvalue weighted by Gasteiger charge is -2.19. The summed E-state index contributed by atoms with van der Waals surface area (Å²) in [5.74, 6) is -0.0678. The molecule has 0 saturated carbocycles. The van der Waals surface area contributed by atoms with Crippen molar-refractivity contribution >= 4 is 5.91 Å². The summed E-state index contributed by atoms with van der Waals surface area (Å²) in [6.45, 7) is 3.89. The Balaban J connectivity index is 1.68. The molecule has 104 valence electrons. The number of hydrogen-bond acceptors (Lipinski definition) is 3. The van der Waals surface area contributed by atoms with Gasteiger partial charge in [0.1, 0.15) is 5.82 Å². The van der Waals surface area contributed by atoms with E-state index in [1.165, 1.54) is 12.1 Å². The zero-order chi connectivity index (χ0) is 13.5. The molecule has 1 aromatic rings. The van der Waals surface area contributed by atoms with Gasteiger partial charge >= 0.3 is 0 Å². The highest BCUT2D eigenvalue weighted by atomic mass is 19.1. The van der Waals surface area contributed by atoms with Crippen molar-refractivity contribution in [2.75, 3.05) is 32.8 Å². The lowest BCUT2D eigenvalue weighted by Crippen LogP contribution is -2.35. The van der Waals surface area contributed by atoms with Crippen LogP contribution < -0.4 is 5.32 Å². The molecule has 1 fully saturated rings. The fourth-order valence-electron chi connectivity index (χ4n) is 2.00. The first kappa shape index (κ1) is 14.0. The number of carbonyl (C=O) groups is 1. The predicted octanol–water partition coefficient (Wildman–Crippen LogP) is 1.16. The monoisotopic (exact) mass is 266 g/mol. The largest absolute Gasteiger partial charge is 0.375 e. The highest BCUT2D eigenvalue weighted by Gasteiger charge is 2.15. The Kier molecular flexibility index (Phi) is 5.30. The van der Waals surface area contributed by atoms with E-state index >= 15 is 0 Å². The van der Waals surface area contributed by atoms with E-state index in [0.29, 0.717) is 26.2 Å². The molecule has 0 aromatic heterocycles. The maximum Gasteiger partial charge on any atom is 0.223 e. The van der Waals surface area contributed by atoms with Crippen LogP contribution in [0, 0.1) is 5.82 Å². The number of rotatable bonds is 5. The second-order valence-electron chi connectivity index (χ2n) is 4.56. The van der Waals surface area contributed by atoms with Gasteiger partial charge in [-0.25, -0.2) is 4.39 Å². The Bertz CT molecular complexity index is 408. The molecule has 0 radical (unpaired) electrons. The Hall–Kier alpha value is -1.46. The van der Waals surface area contributed by atoms with Crippen LogP contribution in [0.2, 0.25) is 0 Å². The van der Waals surface area contributed by atoms with Crippen LogP contribution in [-0.2, 0) is 16.1 Å². The Morgan fingerprint density at radius 2 is 2.05 bits per heavy atom. The molecule has 1 N–H and O–H groups in total. The molecule has 5 heteroatoms. The smallest absolute Gasteiger partial charge is 0.223 e. The SMILES string of the molecule is O=C1CCNCCN1CCOCc1ccc(F)cc1. The second kappa shape index (κ2) is 7.21. The maximum absolute atomic E-state index is 12.7. The highest BCUT2D eigenvalue weighted by Crippen LogP contribution is 2.04. The van der Waals surface area contributed by atoms with Crippen molar-refractivity contribution in [2.24, 2.45) is 0 Å². The fourth-order valence-corrected chi connectivity index (χ4v) is 2.00. The van der Waals surface area contributed by atoms with Gasteiger partial charge in [0.15, 0.2) is 0 Å². The second-order valence-corrected chi connectivity index (χ2v) is 4.56. The van der Waals surface area contributed by atoms with Crippen molar-refractivity contribution in [2.45, 2.75) is 13.0 Å². The van der Waals surface area contributed by atoms with Crippen molar-refractivity contribution in [3.05, 3.63) is 35.6 Å². The number of halogens is 1. The van der Waals surface area contributed by atoms with Gasteiger partial charge in [-0.3, -0.25) is 4.79 Å². The lowest BCUT2D eigenvalue weighted by atomic mass is 10.2. The third-order valence-corrected chi connectivity index (χ3v) is 3.11. The molecule has 1 heterocycles. The average Bonchev–Trinajstić information content (AvgIpc) is 2.62. The summed E-state index contributed by atoms with van der Waals surface area (Å²) in [5, 5.41) is 3.19. The summed E-state index contributed by atoms with van der Waals surface area (Å²) < 4.78 is 18.2. The number of nitrogens with zero attached hydrogens (tertiary/aromatic N) is 1. The van der Waals surface area contributed by atoms with Crippen LogP contribution >= 0.6 is 0 Å². The first-order valence-corrected chi connectivity index (χ1v) is 6.56. The van der Waals surface area contributed by atoms with Crippen LogP contribution in [0.3, 0.4) is 0 Å². The Morgan fingerprint density at radius 1 is 1.26 bits per heavy atom. The molecule has 1 aliphatic rings. The first-order chi connectivity index (χ1) is 9.25. The summed E-state index contributed by atoms with van der Waals surface area (Å²) >= 11 is 0. The first-order valence-electron chi connectivity index (χ1n) is 6.56. The minimum absolute atomic E-state index is 0.176. The van der Waals surface area contributed by atoms with Gasteiger partial charge in [0, 0.05) is 32.6 Å². The zero-order valence-electron chi connectivity index (χ0n) is 10.9. The van der Waals surface area contributed by atoms with Gasteiger partial charge < -0.3 is 15.0 Å². The molecule has 1 aromatic carbocycles. The van der Waals surface area contributed by atoms with E-state index in [9.17, 15) is 9.18 Å². The zero-order valence-corrected chi connectivity index (χ0v) is 10.9. The minimum atomic E-state index is -0.244. The standard InChI is InChI=1S/C14H19FN2O2/c15-13-3-1-12(2-4-13)11-19-10-9-17-8-7-16-6-5-14(17)18/h1-4,16H,5-11H2. The molecular formula is C14H19FN2O2. The summed E-state index contributed by atoms with van der Waals surface area (Å²) in [5.41, 5.74) is 0.935. The third kappa shape index (κ3) is 4.61. The van der Waals surface area contributed by atoms with Crippen LogP contribution in [-0.4, -0.2) is 43.6 Å². The molecule has 0 bridgehead atoms. The number of carbonyl (C=O) groups excluding carboxylic acids is 1. The Morgan fingerprint density at radius 3 is 2.84 bits per heavy atom. The van der Waals surface area contributed by atoms with Crippen LogP contribution in [0.15, 0.2) is 24.3 Å². The van der Waals surface area contributed by atoms with E-state index in [1.807, 2.05) is 4.90 Å². The van der Waals surface area contributed by atoms with Gasteiger partial charge in [-0.1, -0.05) is 12.1 Å². The highest BCUT2D eigenvalue weighted by molar-refractivity contribution is 5.76. The topological polar surface area (TPSA) is 41.6 Å². The summed E-state index contributed by atoms with van der Waals surface area (Å²) in [4.78, 5) is 13.5. The van der Waals surface area contributed by atoms with Crippen LogP contribution in [0.25, 0.3) is 0 Å². The van der Waals surface area contributed by atoms with Crippen LogP contribution in [0.4, 0.5) is 4.39 Å². The van der Waals surface area contributed by atoms with Crippen molar-refractivity contribution in [3.8, 4) is 0 Å². The molecule has 0 atom stereocenters. The molecule has 1 saturated heterocycles. The Labute approximate surface area is 112 Å². The van der Waals surface area contributed by atoms with Gasteiger partial charge in [0.05, 0.1) is 13.2 Å². The predicted molar refractivity (Wildman–Crippen MR) is 70.1 cm³/mol. The van der Waals surface area contributed by atoms with Gasteiger partial charge in [-0.2, -0.15) is 0 Å². The molecule has 19 heavy (non-hydrogen) atoms. The lowest BCUT2D eigenvalue weighted by molar-refractivity contribution is -0.131. The van der Waals surface area contributed by atoms with Crippen LogP contribution in [0.5, 0.6) is 0 Å². The maximum atomic E-state index is 12.7. The van der Waals surface area contributed by atoms with Gasteiger partial charge in [-0.05, 0) is 17.7 Å². The molecule has 4 nitrogen and oxygen atoms in total. The van der Waals surface area contributed by atoms with E-state index in [2.05, 4.69) is 5.32 Å². The van der Waals surface area contributed by atoms with E-state index in [1.54, 1.807) is 12.1 Å². The van der Waals surface area contributed by atoms with Crippen molar-refractivity contribution in [1.29, 1.82) is 0 Å². The third-order valence-electron chi connectivity index (χ3n) is 3.11. The molecule has 1 amide bonds. The number of benzene rings is 1. The number of nitrogens with one attached hydrogen (secondary N) is 1. The van der Waals surface area contributed by atoms with Crippen molar-refractivity contribution in [3.63, 3.8) is 0 Å². The summed E-state index contributed by atoms with van der Waals surface area (Å²) in [6.07, 6.45) is 0.554. The van der Waals surface area contributed by atoms with Gasteiger partial charge in [0.2, 0.25) is 5.91 Å². The number of ether oxygens (including phenoxy) is 1. The molecule has 1 aliphatic heterocycles. The molecule has 2 rings (SSSR count). The van der Waals surface area contributed by atoms with Gasteiger partial charge in [-0.15, -0.1) is 0 Å². The normalized spacial score (nSPS) is 16.5. The molecule has 0 spiro atoms. The minimum Gasteiger partial charge on any atom is -0.375 e. The fraction of sp³-hybridized carbons (Fsp3) is 0.500. The molecular weight excluding hydrogens is 247 g/mol. The van der Waals surface area contributed by atoms with Crippen molar-refractivity contribution < 1.29 is 13.9 Å². The molecule has 0 unspecified atom stereocenters. The van der Waals surface area contributed by atoms with Crippen molar-refractivity contribution in [1.82, 2.24) is 10.2 Å². The quantitative estimate of drug-likeness (QED) is 0.813. The van der Waals surface area contributed by atoms with E-state index in [-0.39, 0.29) is 11.7 Å². The number of hydrogen-bond donors (Lipinski definition) is 1. The van der Waals surface area contributed by atoms with E-state index in [4.69, 9.17) is 4.74 Å². The summed E-state index contributed by atoms with van der Waals surface area (Å²) in [7, 11) is 0. The van der Waals surface area contributed by atoms with Crippen LogP contribution in [0.1, 0.15) is 12.0 Å².